The largest absolute Gasteiger partial charge is 0.478 e. The van der Waals surface area contributed by atoms with Gasteiger partial charge >= 0.3 is 0 Å². The van der Waals surface area contributed by atoms with E-state index in [1.807, 2.05) is 33.0 Å². The average Bonchev–Trinajstić information content (AvgIpc) is 2.72. The fourth-order valence-electron chi connectivity index (χ4n) is 1.49. The van der Waals surface area contributed by atoms with Gasteiger partial charge in [-0.15, -0.1) is 11.3 Å². The fourth-order valence-corrected chi connectivity index (χ4v) is 2.23. The van der Waals surface area contributed by atoms with Crippen molar-refractivity contribution >= 4 is 17.3 Å². The molecule has 0 fully saturated rings. The number of nitrogens with zero attached hydrogens (tertiary/aromatic N) is 3. The van der Waals surface area contributed by atoms with E-state index in [0.29, 0.717) is 25.0 Å². The van der Waals surface area contributed by atoms with Gasteiger partial charge in [0.25, 0.3) is 0 Å². The van der Waals surface area contributed by atoms with Crippen molar-refractivity contribution in [2.45, 2.75) is 27.3 Å². The Hall–Kier alpha value is -1.69. The molecule has 6 heteroatoms. The number of anilines is 1. The van der Waals surface area contributed by atoms with E-state index in [-0.39, 0.29) is 0 Å². The smallest absolute Gasteiger partial charge is 0.226 e. The molecule has 0 unspecified atom stereocenters. The summed E-state index contributed by atoms with van der Waals surface area (Å²) in [6, 6.07) is 1.82. The predicted octanol–water partition coefficient (Wildman–Crippen LogP) is 2.56. The minimum absolute atomic E-state index is 0.588. The first-order valence-electron chi connectivity index (χ1n) is 5.81. The molecule has 0 amide bonds. The third-order valence-electron chi connectivity index (χ3n) is 2.21. The Bertz CT molecular complexity index is 527. The van der Waals surface area contributed by atoms with Crippen LogP contribution in [0.1, 0.15) is 22.5 Å². The summed E-state index contributed by atoms with van der Waals surface area (Å²) < 4.78 is 5.38. The zero-order chi connectivity index (χ0) is 13.0. The first-order chi connectivity index (χ1) is 8.67. The van der Waals surface area contributed by atoms with Crippen LogP contribution < -0.4 is 10.1 Å². The molecule has 18 heavy (non-hydrogen) atoms. The number of nitrogens with one attached hydrogen (secondary N) is 1. The molecule has 0 saturated carbocycles. The molecule has 0 aliphatic heterocycles. The predicted molar refractivity (Wildman–Crippen MR) is 72.1 cm³/mol. The summed E-state index contributed by atoms with van der Waals surface area (Å²) in [5.74, 6) is 1.19. The van der Waals surface area contributed by atoms with Gasteiger partial charge in [-0.25, -0.2) is 9.97 Å². The maximum absolute atomic E-state index is 5.38. The molecule has 0 saturated heterocycles. The second-order valence-corrected chi connectivity index (χ2v) is 5.12. The zero-order valence-corrected chi connectivity index (χ0v) is 11.5. The Kier molecular flexibility index (Phi) is 4.09. The second-order valence-electron chi connectivity index (χ2n) is 3.80. The summed E-state index contributed by atoms with van der Waals surface area (Å²) in [4.78, 5) is 14.0. The minimum Gasteiger partial charge on any atom is -0.478 e. The Morgan fingerprint density at radius 3 is 2.83 bits per heavy atom. The molecule has 0 atom stereocenters. The summed E-state index contributed by atoms with van der Waals surface area (Å²) >= 11 is 1.67. The van der Waals surface area contributed by atoms with E-state index in [1.165, 1.54) is 0 Å². The first-order valence-corrected chi connectivity index (χ1v) is 6.62. The minimum atomic E-state index is 0.588. The standard InChI is InChI=1S/C12H16N4OS/c1-4-17-11-5-8(2)15-12(16-11)14-7-10-6-13-9(3)18-10/h5-6H,4,7H2,1-3H3,(H,14,15,16). The highest BCUT2D eigenvalue weighted by atomic mass is 32.1. The molecule has 0 radical (unpaired) electrons. The monoisotopic (exact) mass is 264 g/mol. The van der Waals surface area contributed by atoms with Crippen molar-refractivity contribution in [3.8, 4) is 5.88 Å². The van der Waals surface area contributed by atoms with Gasteiger partial charge in [-0.05, 0) is 20.8 Å². The van der Waals surface area contributed by atoms with Crippen LogP contribution in [0, 0.1) is 13.8 Å². The first kappa shape index (κ1) is 12.8. The van der Waals surface area contributed by atoms with Crippen molar-refractivity contribution in [2.24, 2.45) is 0 Å². The third-order valence-corrected chi connectivity index (χ3v) is 3.13. The second kappa shape index (κ2) is 5.77. The van der Waals surface area contributed by atoms with Gasteiger partial charge < -0.3 is 10.1 Å². The van der Waals surface area contributed by atoms with E-state index in [9.17, 15) is 0 Å². The number of ether oxygens (including phenoxy) is 1. The Labute approximate surface area is 110 Å². The van der Waals surface area contributed by atoms with E-state index >= 15 is 0 Å². The van der Waals surface area contributed by atoms with Crippen molar-refractivity contribution in [3.05, 3.63) is 27.8 Å². The molecule has 0 aliphatic rings. The molecule has 5 nitrogen and oxygen atoms in total. The Morgan fingerprint density at radius 1 is 1.33 bits per heavy atom. The van der Waals surface area contributed by atoms with Crippen LogP contribution in [0.5, 0.6) is 5.88 Å². The number of rotatable bonds is 5. The summed E-state index contributed by atoms with van der Waals surface area (Å²) in [6.45, 7) is 7.13. The van der Waals surface area contributed by atoms with Gasteiger partial charge in [-0.3, -0.25) is 0 Å². The normalized spacial score (nSPS) is 10.4. The summed E-state index contributed by atoms with van der Waals surface area (Å²) in [5.41, 5.74) is 0.886. The number of aromatic nitrogens is 3. The number of thiazole rings is 1. The Balaban J connectivity index is 2.04. The van der Waals surface area contributed by atoms with Crippen molar-refractivity contribution in [1.29, 1.82) is 0 Å². The van der Waals surface area contributed by atoms with Crippen LogP contribution in [0.4, 0.5) is 5.95 Å². The summed E-state index contributed by atoms with van der Waals surface area (Å²) in [7, 11) is 0. The average molecular weight is 264 g/mol. The van der Waals surface area contributed by atoms with Crippen LogP contribution in [-0.2, 0) is 6.54 Å². The SMILES string of the molecule is CCOc1cc(C)nc(NCc2cnc(C)s2)n1. The molecular weight excluding hydrogens is 248 g/mol. The summed E-state index contributed by atoms with van der Waals surface area (Å²) in [5, 5.41) is 4.24. The van der Waals surface area contributed by atoms with E-state index in [2.05, 4.69) is 20.3 Å². The molecule has 1 N–H and O–H groups in total. The van der Waals surface area contributed by atoms with Crippen LogP contribution in [0.3, 0.4) is 0 Å². The van der Waals surface area contributed by atoms with Crippen LogP contribution in [0.25, 0.3) is 0 Å². The van der Waals surface area contributed by atoms with Crippen LogP contribution >= 0.6 is 11.3 Å². The van der Waals surface area contributed by atoms with Gasteiger partial charge in [0.15, 0.2) is 0 Å². The van der Waals surface area contributed by atoms with Gasteiger partial charge in [-0.2, -0.15) is 4.98 Å². The molecule has 0 aromatic carbocycles. The van der Waals surface area contributed by atoms with Crippen molar-refractivity contribution in [3.63, 3.8) is 0 Å². The zero-order valence-electron chi connectivity index (χ0n) is 10.7. The molecule has 2 aromatic heterocycles. The lowest BCUT2D eigenvalue weighted by Crippen LogP contribution is -2.05. The Morgan fingerprint density at radius 2 is 2.17 bits per heavy atom. The number of hydrogen-bond acceptors (Lipinski definition) is 6. The van der Waals surface area contributed by atoms with E-state index in [1.54, 1.807) is 11.3 Å². The highest BCUT2D eigenvalue weighted by Crippen LogP contribution is 2.15. The fraction of sp³-hybridized carbons (Fsp3) is 0.417. The van der Waals surface area contributed by atoms with E-state index < -0.39 is 0 Å². The van der Waals surface area contributed by atoms with Gasteiger partial charge in [0.1, 0.15) is 0 Å². The highest BCUT2D eigenvalue weighted by Gasteiger charge is 2.04. The maximum Gasteiger partial charge on any atom is 0.226 e. The lowest BCUT2D eigenvalue weighted by molar-refractivity contribution is 0.326. The lowest BCUT2D eigenvalue weighted by Gasteiger charge is -2.07. The van der Waals surface area contributed by atoms with Gasteiger partial charge in [-0.1, -0.05) is 0 Å². The maximum atomic E-state index is 5.38. The van der Waals surface area contributed by atoms with Gasteiger partial charge in [0.05, 0.1) is 18.2 Å². The van der Waals surface area contributed by atoms with Crippen molar-refractivity contribution in [1.82, 2.24) is 15.0 Å². The third kappa shape index (κ3) is 3.40. The van der Waals surface area contributed by atoms with E-state index in [0.717, 1.165) is 15.6 Å². The molecule has 0 spiro atoms. The number of aryl methyl sites for hydroxylation is 2. The summed E-state index contributed by atoms with van der Waals surface area (Å²) in [6.07, 6.45) is 1.87. The van der Waals surface area contributed by atoms with Crippen LogP contribution in [-0.4, -0.2) is 21.6 Å². The van der Waals surface area contributed by atoms with Crippen molar-refractivity contribution in [2.75, 3.05) is 11.9 Å². The van der Waals surface area contributed by atoms with Gasteiger partial charge in [0, 0.05) is 22.8 Å². The molecule has 96 valence electrons. The quantitative estimate of drug-likeness (QED) is 0.899. The molecule has 2 heterocycles. The lowest BCUT2D eigenvalue weighted by atomic mass is 10.4. The molecule has 0 aliphatic carbocycles. The van der Waals surface area contributed by atoms with Gasteiger partial charge in [0.2, 0.25) is 11.8 Å². The molecule has 2 rings (SSSR count). The van der Waals surface area contributed by atoms with Crippen molar-refractivity contribution < 1.29 is 4.74 Å². The molecular formula is C12H16N4OS. The van der Waals surface area contributed by atoms with E-state index in [4.69, 9.17) is 4.74 Å². The number of hydrogen-bond donors (Lipinski definition) is 1. The highest BCUT2D eigenvalue weighted by molar-refractivity contribution is 7.11. The molecule has 0 bridgehead atoms. The van der Waals surface area contributed by atoms with Crippen LogP contribution in [0.15, 0.2) is 12.3 Å². The topological polar surface area (TPSA) is 59.9 Å². The van der Waals surface area contributed by atoms with Crippen LogP contribution in [0.2, 0.25) is 0 Å². The molecule has 2 aromatic rings.